The first-order chi connectivity index (χ1) is 9.61. The summed E-state index contributed by atoms with van der Waals surface area (Å²) in [5.74, 6) is -0.566. The highest BCUT2D eigenvalue weighted by Gasteiger charge is 2.14. The van der Waals surface area contributed by atoms with Crippen molar-refractivity contribution in [2.24, 2.45) is 0 Å². The molecule has 6 heteroatoms. The van der Waals surface area contributed by atoms with Gasteiger partial charge in [-0.15, -0.1) is 0 Å². The first-order valence-electron chi connectivity index (χ1n) is 5.93. The number of amides is 5. The summed E-state index contributed by atoms with van der Waals surface area (Å²) in [6.45, 7) is 0. The second kappa shape index (κ2) is 5.83. The van der Waals surface area contributed by atoms with Crippen molar-refractivity contribution < 1.29 is 14.4 Å². The summed E-state index contributed by atoms with van der Waals surface area (Å²) < 4.78 is 0. The molecule has 2 aromatic carbocycles. The summed E-state index contributed by atoms with van der Waals surface area (Å²) in [7, 11) is 1.37. The van der Waals surface area contributed by atoms with Crippen molar-refractivity contribution in [2.45, 2.75) is 0 Å². The predicted octanol–water partition coefficient (Wildman–Crippen LogP) is 1.62. The molecule has 0 heterocycles. The number of urea groups is 2. The molecule has 0 aromatic heterocycles. The predicted molar refractivity (Wildman–Crippen MR) is 74.4 cm³/mol. The van der Waals surface area contributed by atoms with Crippen molar-refractivity contribution in [3.05, 3.63) is 48.0 Å². The van der Waals surface area contributed by atoms with Gasteiger partial charge < -0.3 is 5.32 Å². The van der Waals surface area contributed by atoms with Crippen molar-refractivity contribution in [3.8, 4) is 0 Å². The van der Waals surface area contributed by atoms with E-state index < -0.39 is 18.0 Å². The summed E-state index contributed by atoms with van der Waals surface area (Å²) in [5, 5.41) is 7.91. The molecule has 0 aliphatic rings. The van der Waals surface area contributed by atoms with Gasteiger partial charge >= 0.3 is 12.1 Å². The molecule has 0 bridgehead atoms. The molecule has 3 N–H and O–H groups in total. The van der Waals surface area contributed by atoms with Crippen molar-refractivity contribution in [1.29, 1.82) is 0 Å². The van der Waals surface area contributed by atoms with Gasteiger partial charge in [0.05, 0.1) is 0 Å². The SMILES string of the molecule is CNC(=O)NC(=O)NC(=O)c1cccc2ccccc12. The van der Waals surface area contributed by atoms with Crippen LogP contribution in [0.3, 0.4) is 0 Å². The van der Waals surface area contributed by atoms with Crippen LogP contribution in [-0.2, 0) is 0 Å². The highest BCUT2D eigenvalue weighted by molar-refractivity contribution is 6.13. The van der Waals surface area contributed by atoms with Gasteiger partial charge in [-0.3, -0.25) is 15.4 Å². The minimum absolute atomic E-state index is 0.371. The van der Waals surface area contributed by atoms with E-state index in [1.54, 1.807) is 18.2 Å². The highest BCUT2D eigenvalue weighted by Crippen LogP contribution is 2.18. The fraction of sp³-hybridized carbons (Fsp3) is 0.0714. The molecule has 102 valence electrons. The van der Waals surface area contributed by atoms with Crippen LogP contribution in [0, 0.1) is 0 Å². The van der Waals surface area contributed by atoms with Gasteiger partial charge in [0.2, 0.25) is 0 Å². The van der Waals surface area contributed by atoms with E-state index in [2.05, 4.69) is 10.6 Å². The molecule has 0 aliphatic heterocycles. The second-order valence-corrected chi connectivity index (χ2v) is 4.01. The summed E-state index contributed by atoms with van der Waals surface area (Å²) in [5.41, 5.74) is 0.371. The Hall–Kier alpha value is -2.89. The summed E-state index contributed by atoms with van der Waals surface area (Å²) in [6, 6.07) is 11.0. The van der Waals surface area contributed by atoms with Crippen LogP contribution in [-0.4, -0.2) is 25.0 Å². The normalized spacial score (nSPS) is 9.85. The van der Waals surface area contributed by atoms with E-state index in [1.807, 2.05) is 29.6 Å². The third kappa shape index (κ3) is 2.92. The first-order valence-corrected chi connectivity index (χ1v) is 5.93. The standard InChI is InChI=1S/C14H13N3O3/c1-15-13(19)17-14(20)16-12(18)11-8-4-6-9-5-2-3-7-10(9)11/h2-8H,1H3,(H3,15,16,17,18,19,20). The number of imide groups is 2. The minimum atomic E-state index is -0.873. The van der Waals surface area contributed by atoms with E-state index >= 15 is 0 Å². The number of carbonyl (C=O) groups is 3. The zero-order valence-electron chi connectivity index (χ0n) is 10.8. The maximum atomic E-state index is 12.0. The van der Waals surface area contributed by atoms with Crippen LogP contribution in [0.5, 0.6) is 0 Å². The number of benzene rings is 2. The maximum absolute atomic E-state index is 12.0. The molecule has 0 aliphatic carbocycles. The topological polar surface area (TPSA) is 87.3 Å². The van der Waals surface area contributed by atoms with E-state index in [1.165, 1.54) is 7.05 Å². The molecular weight excluding hydrogens is 258 g/mol. The van der Waals surface area contributed by atoms with E-state index in [-0.39, 0.29) is 0 Å². The van der Waals surface area contributed by atoms with Gasteiger partial charge in [0, 0.05) is 12.6 Å². The summed E-state index contributed by atoms with van der Waals surface area (Å²) in [4.78, 5) is 34.4. The Morgan fingerprint density at radius 2 is 1.55 bits per heavy atom. The van der Waals surface area contributed by atoms with Crippen LogP contribution in [0.1, 0.15) is 10.4 Å². The van der Waals surface area contributed by atoms with Gasteiger partial charge in [-0.1, -0.05) is 36.4 Å². The zero-order valence-corrected chi connectivity index (χ0v) is 10.8. The Kier molecular flexibility index (Phi) is 3.95. The molecule has 2 rings (SSSR count). The average molecular weight is 271 g/mol. The lowest BCUT2D eigenvalue weighted by molar-refractivity contribution is 0.0966. The Balaban J connectivity index is 2.20. The number of nitrogens with one attached hydrogen (secondary N) is 3. The fourth-order valence-electron chi connectivity index (χ4n) is 1.79. The van der Waals surface area contributed by atoms with E-state index in [4.69, 9.17) is 0 Å². The molecule has 0 radical (unpaired) electrons. The maximum Gasteiger partial charge on any atom is 0.329 e. The fourth-order valence-corrected chi connectivity index (χ4v) is 1.79. The molecular formula is C14H13N3O3. The van der Waals surface area contributed by atoms with Crippen LogP contribution >= 0.6 is 0 Å². The third-order valence-electron chi connectivity index (χ3n) is 2.72. The molecule has 0 saturated carbocycles. The Labute approximate surface area is 115 Å². The molecule has 5 amide bonds. The molecule has 0 atom stereocenters. The van der Waals surface area contributed by atoms with Gasteiger partial charge in [0.15, 0.2) is 0 Å². The van der Waals surface area contributed by atoms with Crippen molar-refractivity contribution in [2.75, 3.05) is 7.05 Å². The lowest BCUT2D eigenvalue weighted by Crippen LogP contribution is -2.45. The van der Waals surface area contributed by atoms with Crippen LogP contribution in [0.25, 0.3) is 10.8 Å². The molecule has 2 aromatic rings. The second-order valence-electron chi connectivity index (χ2n) is 4.01. The molecule has 0 spiro atoms. The Morgan fingerprint density at radius 1 is 0.850 bits per heavy atom. The average Bonchev–Trinajstić information content (AvgIpc) is 2.46. The first kappa shape index (κ1) is 13.5. The van der Waals surface area contributed by atoms with Crippen molar-refractivity contribution >= 4 is 28.7 Å². The number of carbonyl (C=O) groups excluding carboxylic acids is 3. The van der Waals surface area contributed by atoms with E-state index in [9.17, 15) is 14.4 Å². The smallest absolute Gasteiger partial charge is 0.329 e. The molecule has 0 fully saturated rings. The third-order valence-corrected chi connectivity index (χ3v) is 2.72. The lowest BCUT2D eigenvalue weighted by atomic mass is 10.0. The summed E-state index contributed by atoms with van der Waals surface area (Å²) in [6.07, 6.45) is 0. The molecule has 0 saturated heterocycles. The molecule has 20 heavy (non-hydrogen) atoms. The van der Waals surface area contributed by atoms with Crippen molar-refractivity contribution in [1.82, 2.24) is 16.0 Å². The minimum Gasteiger partial charge on any atom is -0.341 e. The monoisotopic (exact) mass is 271 g/mol. The largest absolute Gasteiger partial charge is 0.341 e. The van der Waals surface area contributed by atoms with Gasteiger partial charge in [-0.2, -0.15) is 0 Å². The zero-order chi connectivity index (χ0) is 14.5. The van der Waals surface area contributed by atoms with E-state index in [0.29, 0.717) is 5.56 Å². The van der Waals surface area contributed by atoms with Gasteiger partial charge in [0.25, 0.3) is 5.91 Å². The lowest BCUT2D eigenvalue weighted by Gasteiger charge is -2.07. The van der Waals surface area contributed by atoms with Gasteiger partial charge in [-0.25, -0.2) is 9.59 Å². The number of fused-ring (bicyclic) bond motifs is 1. The van der Waals surface area contributed by atoms with E-state index in [0.717, 1.165) is 10.8 Å². The van der Waals surface area contributed by atoms with Crippen LogP contribution < -0.4 is 16.0 Å². The quantitative estimate of drug-likeness (QED) is 0.736. The van der Waals surface area contributed by atoms with Gasteiger partial charge in [0.1, 0.15) is 0 Å². The molecule has 0 unspecified atom stereocenters. The van der Waals surface area contributed by atoms with Gasteiger partial charge in [-0.05, 0) is 16.8 Å². The Morgan fingerprint density at radius 3 is 2.30 bits per heavy atom. The van der Waals surface area contributed by atoms with Crippen molar-refractivity contribution in [3.63, 3.8) is 0 Å². The van der Waals surface area contributed by atoms with Crippen LogP contribution in [0.4, 0.5) is 9.59 Å². The Bertz CT molecular complexity index is 677. The summed E-state index contributed by atoms with van der Waals surface area (Å²) >= 11 is 0. The van der Waals surface area contributed by atoms with Crippen LogP contribution in [0.2, 0.25) is 0 Å². The number of rotatable bonds is 1. The van der Waals surface area contributed by atoms with Crippen LogP contribution in [0.15, 0.2) is 42.5 Å². The number of hydrogen-bond acceptors (Lipinski definition) is 3. The molecule has 6 nitrogen and oxygen atoms in total. The highest BCUT2D eigenvalue weighted by atomic mass is 16.2. The number of hydrogen-bond donors (Lipinski definition) is 3.